The quantitative estimate of drug-likeness (QED) is 0.854. The molecule has 0 spiro atoms. The van der Waals surface area contributed by atoms with Gasteiger partial charge in [0.2, 0.25) is 0 Å². The molecule has 2 N–H and O–H groups in total. The van der Waals surface area contributed by atoms with Crippen molar-refractivity contribution in [3.8, 4) is 0 Å². The zero-order valence-electron chi connectivity index (χ0n) is 9.97. The van der Waals surface area contributed by atoms with Gasteiger partial charge in [0.1, 0.15) is 0 Å². The molecule has 0 radical (unpaired) electrons. The number of nitrogens with two attached hydrogens (primary N) is 1. The van der Waals surface area contributed by atoms with Gasteiger partial charge in [-0.2, -0.15) is 0 Å². The molecule has 88 valence electrons. The van der Waals surface area contributed by atoms with Crippen molar-refractivity contribution < 1.29 is 0 Å². The van der Waals surface area contributed by atoms with Crippen molar-refractivity contribution in [2.24, 2.45) is 11.7 Å². The van der Waals surface area contributed by atoms with Crippen LogP contribution < -0.4 is 5.73 Å². The molecule has 1 aliphatic rings. The van der Waals surface area contributed by atoms with Crippen molar-refractivity contribution in [1.82, 2.24) is 4.98 Å². The Bertz CT molecular complexity index is 516. The van der Waals surface area contributed by atoms with Crippen molar-refractivity contribution in [2.75, 3.05) is 6.54 Å². The maximum Gasteiger partial charge on any atom is 0.0736 e. The number of aromatic nitrogens is 1. The van der Waals surface area contributed by atoms with Crippen LogP contribution in [0, 0.1) is 5.92 Å². The topological polar surface area (TPSA) is 38.9 Å². The second-order valence-corrected chi connectivity index (χ2v) is 4.96. The van der Waals surface area contributed by atoms with Crippen LogP contribution in [0.15, 0.2) is 36.5 Å². The van der Waals surface area contributed by atoms with E-state index in [2.05, 4.69) is 29.2 Å². The van der Waals surface area contributed by atoms with E-state index in [1.54, 1.807) is 0 Å². The van der Waals surface area contributed by atoms with E-state index < -0.39 is 0 Å². The molecular weight excluding hydrogens is 208 g/mol. The van der Waals surface area contributed by atoms with E-state index in [4.69, 9.17) is 5.73 Å². The van der Waals surface area contributed by atoms with Gasteiger partial charge in [0.15, 0.2) is 0 Å². The van der Waals surface area contributed by atoms with E-state index in [-0.39, 0.29) is 0 Å². The minimum absolute atomic E-state index is 0.610. The predicted molar refractivity (Wildman–Crippen MR) is 70.9 cm³/mol. The second kappa shape index (κ2) is 4.46. The summed E-state index contributed by atoms with van der Waals surface area (Å²) in [4.78, 5) is 4.55. The Morgan fingerprint density at radius 1 is 1.18 bits per heavy atom. The summed E-state index contributed by atoms with van der Waals surface area (Å²) in [5, 5.41) is 1.24. The standard InChI is InChI=1S/C15H18N2/c16-10-12-5-2-7-13(12)14-8-1-4-11-6-3-9-17-15(11)14/h1,3-4,6,8-9,12-13H,2,5,7,10,16H2. The smallest absolute Gasteiger partial charge is 0.0736 e. The Morgan fingerprint density at radius 3 is 2.94 bits per heavy atom. The molecule has 0 saturated heterocycles. The summed E-state index contributed by atoms with van der Waals surface area (Å²) in [5.41, 5.74) is 8.45. The summed E-state index contributed by atoms with van der Waals surface area (Å²) in [6.45, 7) is 0.799. The van der Waals surface area contributed by atoms with Gasteiger partial charge in [0.25, 0.3) is 0 Å². The zero-order valence-corrected chi connectivity index (χ0v) is 9.97. The highest BCUT2D eigenvalue weighted by atomic mass is 14.7. The molecule has 1 aliphatic carbocycles. The molecule has 0 amide bonds. The van der Waals surface area contributed by atoms with Gasteiger partial charge < -0.3 is 5.73 Å². The highest BCUT2D eigenvalue weighted by Crippen LogP contribution is 2.40. The molecule has 1 aromatic heterocycles. The third-order valence-electron chi connectivity index (χ3n) is 4.03. The fourth-order valence-corrected chi connectivity index (χ4v) is 3.16. The van der Waals surface area contributed by atoms with Gasteiger partial charge in [-0.15, -0.1) is 0 Å². The molecule has 1 aromatic carbocycles. The van der Waals surface area contributed by atoms with Crippen LogP contribution in [0.25, 0.3) is 10.9 Å². The van der Waals surface area contributed by atoms with Crippen molar-refractivity contribution in [3.63, 3.8) is 0 Å². The number of benzene rings is 1. The monoisotopic (exact) mass is 226 g/mol. The molecule has 1 heterocycles. The largest absolute Gasteiger partial charge is 0.330 e. The third-order valence-corrected chi connectivity index (χ3v) is 4.03. The number of pyridine rings is 1. The Hall–Kier alpha value is -1.41. The predicted octanol–water partition coefficient (Wildman–Crippen LogP) is 3.08. The number of nitrogens with zero attached hydrogens (tertiary/aromatic N) is 1. The Balaban J connectivity index is 2.10. The van der Waals surface area contributed by atoms with Crippen LogP contribution in [0.5, 0.6) is 0 Å². The summed E-state index contributed by atoms with van der Waals surface area (Å²) in [5.74, 6) is 1.25. The Morgan fingerprint density at radius 2 is 2.06 bits per heavy atom. The second-order valence-electron chi connectivity index (χ2n) is 4.96. The van der Waals surface area contributed by atoms with Gasteiger partial charge in [-0.1, -0.05) is 30.7 Å². The summed E-state index contributed by atoms with van der Waals surface area (Å²) < 4.78 is 0. The van der Waals surface area contributed by atoms with Crippen molar-refractivity contribution >= 4 is 10.9 Å². The number of para-hydroxylation sites is 1. The van der Waals surface area contributed by atoms with E-state index in [0.717, 1.165) is 6.54 Å². The van der Waals surface area contributed by atoms with Crippen LogP contribution in [0.3, 0.4) is 0 Å². The first-order valence-corrected chi connectivity index (χ1v) is 6.44. The summed E-state index contributed by atoms with van der Waals surface area (Å²) in [7, 11) is 0. The minimum Gasteiger partial charge on any atom is -0.330 e. The first-order valence-electron chi connectivity index (χ1n) is 6.44. The van der Waals surface area contributed by atoms with E-state index in [0.29, 0.717) is 11.8 Å². The molecule has 2 heteroatoms. The molecule has 1 saturated carbocycles. The van der Waals surface area contributed by atoms with Crippen LogP contribution >= 0.6 is 0 Å². The Kier molecular flexibility index (Phi) is 2.81. The number of fused-ring (bicyclic) bond motifs is 1. The van der Waals surface area contributed by atoms with E-state index in [1.165, 1.54) is 35.7 Å². The average Bonchev–Trinajstić information content (AvgIpc) is 2.86. The molecule has 0 aliphatic heterocycles. The minimum atomic E-state index is 0.610. The molecule has 2 atom stereocenters. The van der Waals surface area contributed by atoms with E-state index >= 15 is 0 Å². The van der Waals surface area contributed by atoms with Crippen LogP contribution in [0.4, 0.5) is 0 Å². The van der Waals surface area contributed by atoms with Crippen molar-refractivity contribution in [3.05, 3.63) is 42.1 Å². The van der Waals surface area contributed by atoms with E-state index in [9.17, 15) is 0 Å². The average molecular weight is 226 g/mol. The molecule has 2 unspecified atom stereocenters. The summed E-state index contributed by atoms with van der Waals surface area (Å²) in [6.07, 6.45) is 5.72. The van der Waals surface area contributed by atoms with Crippen LogP contribution in [0.1, 0.15) is 30.7 Å². The fraction of sp³-hybridized carbons (Fsp3) is 0.400. The maximum atomic E-state index is 5.89. The van der Waals surface area contributed by atoms with Crippen molar-refractivity contribution in [2.45, 2.75) is 25.2 Å². The van der Waals surface area contributed by atoms with Gasteiger partial charge in [-0.3, -0.25) is 4.98 Å². The zero-order chi connectivity index (χ0) is 11.7. The molecule has 2 nitrogen and oxygen atoms in total. The fourth-order valence-electron chi connectivity index (χ4n) is 3.16. The molecule has 17 heavy (non-hydrogen) atoms. The lowest BCUT2D eigenvalue weighted by atomic mass is 9.87. The number of hydrogen-bond donors (Lipinski definition) is 1. The summed E-state index contributed by atoms with van der Waals surface area (Å²) >= 11 is 0. The van der Waals surface area contributed by atoms with Crippen LogP contribution in [-0.2, 0) is 0 Å². The van der Waals surface area contributed by atoms with Crippen LogP contribution in [-0.4, -0.2) is 11.5 Å². The van der Waals surface area contributed by atoms with Gasteiger partial charge in [-0.05, 0) is 42.9 Å². The van der Waals surface area contributed by atoms with Gasteiger partial charge in [-0.25, -0.2) is 0 Å². The number of hydrogen-bond acceptors (Lipinski definition) is 2. The lowest BCUT2D eigenvalue weighted by Crippen LogP contribution is -2.17. The lowest BCUT2D eigenvalue weighted by Gasteiger charge is -2.19. The summed E-state index contributed by atoms with van der Waals surface area (Å²) in [6, 6.07) is 10.6. The van der Waals surface area contributed by atoms with E-state index in [1.807, 2.05) is 12.3 Å². The first kappa shape index (κ1) is 10.7. The normalized spacial score (nSPS) is 24.3. The molecular formula is C15H18N2. The third kappa shape index (κ3) is 1.83. The molecule has 2 aromatic rings. The lowest BCUT2D eigenvalue weighted by molar-refractivity contribution is 0.498. The van der Waals surface area contributed by atoms with Gasteiger partial charge in [0.05, 0.1) is 5.52 Å². The molecule has 1 fully saturated rings. The first-order chi connectivity index (χ1) is 8.40. The SMILES string of the molecule is NCC1CCCC1c1cccc2cccnc12. The van der Waals surface area contributed by atoms with Gasteiger partial charge in [0, 0.05) is 11.6 Å². The van der Waals surface area contributed by atoms with Gasteiger partial charge >= 0.3 is 0 Å². The molecule has 3 rings (SSSR count). The highest BCUT2D eigenvalue weighted by molar-refractivity contribution is 5.82. The van der Waals surface area contributed by atoms with Crippen LogP contribution in [0.2, 0.25) is 0 Å². The maximum absolute atomic E-state index is 5.89. The highest BCUT2D eigenvalue weighted by Gasteiger charge is 2.28. The van der Waals surface area contributed by atoms with Crippen molar-refractivity contribution in [1.29, 1.82) is 0 Å². The number of rotatable bonds is 2. The Labute approximate surface area is 102 Å². The molecule has 0 bridgehead atoms.